The van der Waals surface area contributed by atoms with Crippen LogP contribution in [0.4, 0.5) is 0 Å². The van der Waals surface area contributed by atoms with Gasteiger partial charge in [-0.15, -0.1) is 0 Å². The van der Waals surface area contributed by atoms with Crippen LogP contribution < -0.4 is 10.1 Å². The van der Waals surface area contributed by atoms with E-state index in [0.29, 0.717) is 17.9 Å². The summed E-state index contributed by atoms with van der Waals surface area (Å²) in [6.07, 6.45) is 4.36. The summed E-state index contributed by atoms with van der Waals surface area (Å²) in [7, 11) is 1.34. The van der Waals surface area contributed by atoms with Crippen LogP contribution in [0.3, 0.4) is 0 Å². The monoisotopic (exact) mass is 393 g/mol. The first-order chi connectivity index (χ1) is 14.1. The molecule has 0 bridgehead atoms. The van der Waals surface area contributed by atoms with Crippen molar-refractivity contribution < 1.29 is 23.5 Å². The van der Waals surface area contributed by atoms with Gasteiger partial charge in [0, 0.05) is 23.9 Å². The zero-order chi connectivity index (χ0) is 20.2. The van der Waals surface area contributed by atoms with Crippen molar-refractivity contribution in [1.29, 1.82) is 0 Å². The van der Waals surface area contributed by atoms with Gasteiger partial charge in [0.05, 0.1) is 12.7 Å². The van der Waals surface area contributed by atoms with Crippen LogP contribution in [0.2, 0.25) is 0 Å². The van der Waals surface area contributed by atoms with E-state index < -0.39 is 0 Å². The second-order valence-electron chi connectivity index (χ2n) is 7.12. The van der Waals surface area contributed by atoms with Gasteiger partial charge in [-0.05, 0) is 55.2 Å². The maximum absolute atomic E-state index is 12.1. The molecule has 0 aliphatic heterocycles. The third-order valence-corrected chi connectivity index (χ3v) is 5.16. The van der Waals surface area contributed by atoms with Gasteiger partial charge >= 0.3 is 5.97 Å². The highest BCUT2D eigenvalue weighted by molar-refractivity contribution is 5.89. The van der Waals surface area contributed by atoms with Crippen LogP contribution in [0.5, 0.6) is 5.75 Å². The molecule has 0 fully saturated rings. The number of furan rings is 1. The van der Waals surface area contributed by atoms with E-state index in [0.717, 1.165) is 35.1 Å². The van der Waals surface area contributed by atoms with E-state index in [2.05, 4.69) is 10.1 Å². The molecule has 0 saturated heterocycles. The highest BCUT2D eigenvalue weighted by atomic mass is 16.5. The van der Waals surface area contributed by atoms with Gasteiger partial charge in [0.1, 0.15) is 17.1 Å². The zero-order valence-electron chi connectivity index (χ0n) is 16.3. The van der Waals surface area contributed by atoms with Crippen molar-refractivity contribution in [3.05, 3.63) is 64.9 Å². The number of aryl methyl sites for hydroxylation is 2. The Morgan fingerprint density at radius 3 is 2.66 bits per heavy atom. The molecule has 0 radical (unpaired) electrons. The number of methoxy groups -OCH3 is 1. The topological polar surface area (TPSA) is 77.8 Å². The van der Waals surface area contributed by atoms with E-state index in [1.54, 1.807) is 24.3 Å². The molecule has 4 rings (SSSR count). The van der Waals surface area contributed by atoms with Gasteiger partial charge in [-0.3, -0.25) is 4.79 Å². The Bertz CT molecular complexity index is 1040. The molecule has 6 heteroatoms. The molecule has 1 aromatic heterocycles. The predicted octanol–water partition coefficient (Wildman–Crippen LogP) is 3.79. The number of rotatable bonds is 6. The van der Waals surface area contributed by atoms with E-state index in [1.165, 1.54) is 25.5 Å². The molecular formula is C23H23NO5. The van der Waals surface area contributed by atoms with E-state index >= 15 is 0 Å². The van der Waals surface area contributed by atoms with E-state index in [-0.39, 0.29) is 18.5 Å². The summed E-state index contributed by atoms with van der Waals surface area (Å²) in [4.78, 5) is 23.6. The Hall–Kier alpha value is -3.28. The van der Waals surface area contributed by atoms with Crippen LogP contribution in [-0.2, 0) is 28.9 Å². The van der Waals surface area contributed by atoms with Crippen molar-refractivity contribution in [2.75, 3.05) is 13.7 Å². The normalized spacial score (nSPS) is 13.0. The molecule has 1 N–H and O–H groups in total. The van der Waals surface area contributed by atoms with Gasteiger partial charge in [-0.2, -0.15) is 0 Å². The lowest BCUT2D eigenvalue weighted by atomic mass is 9.96. The molecule has 3 aromatic rings. The molecule has 0 unspecified atom stereocenters. The lowest BCUT2D eigenvalue weighted by Gasteiger charge is -2.10. The van der Waals surface area contributed by atoms with Crippen molar-refractivity contribution in [2.24, 2.45) is 0 Å². The molecule has 2 aromatic carbocycles. The van der Waals surface area contributed by atoms with Crippen LogP contribution >= 0.6 is 0 Å². The number of carbonyl (C=O) groups excluding carboxylic acids is 2. The van der Waals surface area contributed by atoms with Crippen LogP contribution in [0.15, 0.2) is 46.9 Å². The first-order valence-corrected chi connectivity index (χ1v) is 9.75. The molecule has 6 nitrogen and oxygen atoms in total. The number of nitrogens with one attached hydrogen (secondary N) is 1. The second kappa shape index (κ2) is 8.39. The minimum absolute atomic E-state index is 0.0637. The van der Waals surface area contributed by atoms with Gasteiger partial charge in [0.25, 0.3) is 5.91 Å². The maximum Gasteiger partial charge on any atom is 0.337 e. The third kappa shape index (κ3) is 4.26. The number of fused-ring (bicyclic) bond motifs is 3. The Kier molecular flexibility index (Phi) is 5.51. The number of hydrogen-bond acceptors (Lipinski definition) is 5. The number of amides is 1. The molecule has 1 aliphatic carbocycles. The summed E-state index contributed by atoms with van der Waals surface area (Å²) in [5, 5.41) is 3.90. The lowest BCUT2D eigenvalue weighted by molar-refractivity contribution is -0.123. The largest absolute Gasteiger partial charge is 0.484 e. The Labute approximate surface area is 168 Å². The fraction of sp³-hybridized carbons (Fsp3) is 0.304. The van der Waals surface area contributed by atoms with Gasteiger partial charge in [-0.25, -0.2) is 4.79 Å². The molecular weight excluding hydrogens is 370 g/mol. The third-order valence-electron chi connectivity index (χ3n) is 5.16. The van der Waals surface area contributed by atoms with Crippen molar-refractivity contribution in [3.63, 3.8) is 0 Å². The van der Waals surface area contributed by atoms with Crippen molar-refractivity contribution in [2.45, 2.75) is 32.2 Å². The smallest absolute Gasteiger partial charge is 0.337 e. The summed E-state index contributed by atoms with van der Waals surface area (Å²) in [6, 6.07) is 12.6. The average Bonchev–Trinajstić information content (AvgIpc) is 3.14. The summed E-state index contributed by atoms with van der Waals surface area (Å²) >= 11 is 0. The molecule has 0 spiro atoms. The average molecular weight is 393 g/mol. The first-order valence-electron chi connectivity index (χ1n) is 9.75. The highest BCUT2D eigenvalue weighted by Gasteiger charge is 2.18. The molecule has 1 aliphatic rings. The fourth-order valence-corrected chi connectivity index (χ4v) is 3.61. The van der Waals surface area contributed by atoms with Crippen molar-refractivity contribution >= 4 is 22.8 Å². The fourth-order valence-electron chi connectivity index (χ4n) is 3.61. The number of hydrogen-bond donors (Lipinski definition) is 1. The van der Waals surface area contributed by atoms with Gasteiger partial charge in [0.15, 0.2) is 6.61 Å². The van der Waals surface area contributed by atoms with Crippen molar-refractivity contribution in [3.8, 4) is 5.75 Å². The predicted molar refractivity (Wildman–Crippen MR) is 108 cm³/mol. The second-order valence-corrected chi connectivity index (χ2v) is 7.12. The number of esters is 1. The molecule has 29 heavy (non-hydrogen) atoms. The standard InChI is InChI=1S/C23H23NO5/c1-27-23(26)16-8-6-15(7-9-16)13-24-22(25)14-28-17-10-11-21-19(12-17)18-4-2-3-5-20(18)29-21/h6-12H,2-5,13-14H2,1H3,(H,24,25). The Morgan fingerprint density at radius 1 is 1.07 bits per heavy atom. The first kappa shape index (κ1) is 19.1. The van der Waals surface area contributed by atoms with Gasteiger partial charge < -0.3 is 19.2 Å². The SMILES string of the molecule is COC(=O)c1ccc(CNC(=O)COc2ccc3oc4c(c3c2)CCCC4)cc1. The number of carbonyl (C=O) groups is 2. The maximum atomic E-state index is 12.1. The van der Waals surface area contributed by atoms with E-state index in [4.69, 9.17) is 9.15 Å². The Morgan fingerprint density at radius 2 is 1.86 bits per heavy atom. The minimum atomic E-state index is -0.384. The van der Waals surface area contributed by atoms with Crippen LogP contribution in [0.25, 0.3) is 11.0 Å². The van der Waals surface area contributed by atoms with Gasteiger partial charge in [-0.1, -0.05) is 12.1 Å². The molecule has 0 atom stereocenters. The van der Waals surface area contributed by atoms with Crippen molar-refractivity contribution in [1.82, 2.24) is 5.32 Å². The number of benzene rings is 2. The summed E-state index contributed by atoms with van der Waals surface area (Å²) in [5.74, 6) is 1.14. The highest BCUT2D eigenvalue weighted by Crippen LogP contribution is 2.33. The quantitative estimate of drug-likeness (QED) is 0.645. The van der Waals surface area contributed by atoms with Gasteiger partial charge in [0.2, 0.25) is 0 Å². The summed E-state index contributed by atoms with van der Waals surface area (Å²) in [6.45, 7) is 0.295. The Balaban J connectivity index is 1.32. The summed E-state index contributed by atoms with van der Waals surface area (Å²) in [5.41, 5.74) is 3.51. The zero-order valence-corrected chi connectivity index (χ0v) is 16.3. The van der Waals surface area contributed by atoms with Crippen LogP contribution in [0.1, 0.15) is 40.1 Å². The molecule has 1 amide bonds. The minimum Gasteiger partial charge on any atom is -0.484 e. The summed E-state index contributed by atoms with van der Waals surface area (Å²) < 4.78 is 16.3. The molecule has 0 saturated carbocycles. The lowest BCUT2D eigenvalue weighted by Crippen LogP contribution is -2.28. The van der Waals surface area contributed by atoms with Crippen LogP contribution in [0, 0.1) is 0 Å². The molecule has 150 valence electrons. The van der Waals surface area contributed by atoms with E-state index in [1.807, 2.05) is 18.2 Å². The van der Waals surface area contributed by atoms with E-state index in [9.17, 15) is 9.59 Å². The van der Waals surface area contributed by atoms with Crippen LogP contribution in [-0.4, -0.2) is 25.6 Å². The number of ether oxygens (including phenoxy) is 2. The molecule has 1 heterocycles.